The Kier molecular flexibility index (Phi) is 4.94. The number of rotatable bonds is 5. The molecule has 0 spiro atoms. The van der Waals surface area contributed by atoms with E-state index in [1.807, 2.05) is 6.92 Å². The van der Waals surface area contributed by atoms with E-state index in [1.54, 1.807) is 0 Å². The summed E-state index contributed by atoms with van der Waals surface area (Å²) in [6.45, 7) is 3.07. The third-order valence-corrected chi connectivity index (χ3v) is 3.76. The van der Waals surface area contributed by atoms with Gasteiger partial charge in [-0.3, -0.25) is 0 Å². The minimum absolute atomic E-state index is 0.153. The average Bonchev–Trinajstić information content (AvgIpc) is 2.26. The van der Waals surface area contributed by atoms with E-state index in [-0.39, 0.29) is 13.2 Å². The maximum absolute atomic E-state index is 11.7. The molecule has 0 aliphatic carbocycles. The fraction of sp³-hybridized carbons (Fsp3) is 1.00. The highest BCUT2D eigenvalue weighted by molar-refractivity contribution is 7.87. The number of nitrogens with one attached hydrogen (secondary N) is 1. The Morgan fingerprint density at radius 2 is 2.33 bits per heavy atom. The number of aliphatic hydroxyl groups excluding tert-OH is 1. The lowest BCUT2D eigenvalue weighted by atomic mass is 10.3. The van der Waals surface area contributed by atoms with E-state index in [9.17, 15) is 8.42 Å². The number of ether oxygens (including phenoxy) is 1. The molecular formula is C8H18N2O4S. The number of morpholine rings is 1. The van der Waals surface area contributed by atoms with Gasteiger partial charge in [0.15, 0.2) is 0 Å². The summed E-state index contributed by atoms with van der Waals surface area (Å²) < 4.78 is 32.3. The Morgan fingerprint density at radius 3 is 2.93 bits per heavy atom. The second-order valence-corrected chi connectivity index (χ2v) is 5.19. The minimum atomic E-state index is -3.40. The van der Waals surface area contributed by atoms with Gasteiger partial charge >= 0.3 is 0 Å². The predicted octanol–water partition coefficient (Wildman–Crippen LogP) is -1.08. The van der Waals surface area contributed by atoms with Gasteiger partial charge in [0.1, 0.15) is 0 Å². The van der Waals surface area contributed by atoms with Crippen LogP contribution < -0.4 is 4.72 Å². The maximum atomic E-state index is 11.7. The molecule has 0 aromatic rings. The molecule has 15 heavy (non-hydrogen) atoms. The number of hydrogen-bond acceptors (Lipinski definition) is 4. The Labute approximate surface area is 90.4 Å². The van der Waals surface area contributed by atoms with Crippen LogP contribution in [0, 0.1) is 0 Å². The van der Waals surface area contributed by atoms with Crippen LogP contribution in [0.1, 0.15) is 13.3 Å². The predicted molar refractivity (Wildman–Crippen MR) is 55.6 cm³/mol. The van der Waals surface area contributed by atoms with Crippen molar-refractivity contribution < 1.29 is 18.3 Å². The van der Waals surface area contributed by atoms with Crippen molar-refractivity contribution in [1.29, 1.82) is 0 Å². The van der Waals surface area contributed by atoms with Crippen molar-refractivity contribution in [3.05, 3.63) is 0 Å². The normalized spacial score (nSPS) is 24.3. The molecule has 6 nitrogen and oxygen atoms in total. The Hall–Kier alpha value is -0.210. The molecule has 0 saturated carbocycles. The largest absolute Gasteiger partial charge is 0.394 e. The lowest BCUT2D eigenvalue weighted by Gasteiger charge is -2.31. The monoisotopic (exact) mass is 238 g/mol. The van der Waals surface area contributed by atoms with Crippen LogP contribution in [0.3, 0.4) is 0 Å². The Bertz CT molecular complexity index is 280. The summed E-state index contributed by atoms with van der Waals surface area (Å²) in [5.41, 5.74) is 0. The van der Waals surface area contributed by atoms with Gasteiger partial charge in [-0.15, -0.1) is 0 Å². The molecule has 90 valence electrons. The highest BCUT2D eigenvalue weighted by Crippen LogP contribution is 2.08. The van der Waals surface area contributed by atoms with Gasteiger partial charge in [-0.25, -0.2) is 4.72 Å². The van der Waals surface area contributed by atoms with Crippen molar-refractivity contribution in [1.82, 2.24) is 9.03 Å². The summed E-state index contributed by atoms with van der Waals surface area (Å²) in [5, 5.41) is 8.88. The summed E-state index contributed by atoms with van der Waals surface area (Å²) in [7, 11) is -3.40. The van der Waals surface area contributed by atoms with Gasteiger partial charge < -0.3 is 9.84 Å². The molecule has 0 aromatic heterocycles. The molecule has 7 heteroatoms. The van der Waals surface area contributed by atoms with E-state index < -0.39 is 16.3 Å². The topological polar surface area (TPSA) is 78.9 Å². The van der Waals surface area contributed by atoms with Crippen LogP contribution >= 0.6 is 0 Å². The van der Waals surface area contributed by atoms with Gasteiger partial charge in [0.05, 0.1) is 19.3 Å². The summed E-state index contributed by atoms with van der Waals surface area (Å²) in [4.78, 5) is 0. The van der Waals surface area contributed by atoms with Gasteiger partial charge in [-0.2, -0.15) is 12.7 Å². The van der Waals surface area contributed by atoms with E-state index in [2.05, 4.69) is 4.72 Å². The highest BCUT2D eigenvalue weighted by Gasteiger charge is 2.28. The first-order valence-corrected chi connectivity index (χ1v) is 6.51. The van der Waals surface area contributed by atoms with E-state index in [0.29, 0.717) is 19.7 Å². The van der Waals surface area contributed by atoms with E-state index >= 15 is 0 Å². The lowest BCUT2D eigenvalue weighted by molar-refractivity contribution is -0.0307. The molecule has 0 amide bonds. The molecular weight excluding hydrogens is 220 g/mol. The van der Waals surface area contributed by atoms with Crippen molar-refractivity contribution in [2.45, 2.75) is 19.4 Å². The number of hydrogen-bond donors (Lipinski definition) is 2. The van der Waals surface area contributed by atoms with Crippen LogP contribution in [-0.2, 0) is 14.9 Å². The maximum Gasteiger partial charge on any atom is 0.279 e. The Morgan fingerprint density at radius 1 is 1.60 bits per heavy atom. The second-order valence-electron chi connectivity index (χ2n) is 3.43. The fourth-order valence-corrected chi connectivity index (χ4v) is 2.67. The van der Waals surface area contributed by atoms with Crippen LogP contribution in [0.4, 0.5) is 0 Å². The molecule has 1 aliphatic rings. The zero-order chi connectivity index (χ0) is 11.3. The van der Waals surface area contributed by atoms with Crippen molar-refractivity contribution in [3.63, 3.8) is 0 Å². The van der Waals surface area contributed by atoms with Crippen molar-refractivity contribution in [2.75, 3.05) is 32.8 Å². The van der Waals surface area contributed by atoms with Gasteiger partial charge in [0.2, 0.25) is 0 Å². The van der Waals surface area contributed by atoms with E-state index in [0.717, 1.165) is 6.42 Å². The second kappa shape index (κ2) is 5.76. The van der Waals surface area contributed by atoms with Crippen LogP contribution in [0.15, 0.2) is 0 Å². The molecule has 1 aliphatic heterocycles. The third kappa shape index (κ3) is 3.69. The molecule has 1 fully saturated rings. The molecule has 1 heterocycles. The van der Waals surface area contributed by atoms with Crippen molar-refractivity contribution >= 4 is 10.2 Å². The summed E-state index contributed by atoms with van der Waals surface area (Å²) in [6, 6.07) is 0. The zero-order valence-corrected chi connectivity index (χ0v) is 9.66. The van der Waals surface area contributed by atoms with Gasteiger partial charge in [-0.1, -0.05) is 6.92 Å². The smallest absolute Gasteiger partial charge is 0.279 e. The molecule has 2 N–H and O–H groups in total. The molecule has 1 atom stereocenters. The van der Waals surface area contributed by atoms with Gasteiger partial charge in [-0.05, 0) is 6.42 Å². The number of aliphatic hydroxyl groups is 1. The first-order chi connectivity index (χ1) is 7.10. The summed E-state index contributed by atoms with van der Waals surface area (Å²) in [6.07, 6.45) is 0.351. The average molecular weight is 238 g/mol. The van der Waals surface area contributed by atoms with Crippen molar-refractivity contribution in [3.8, 4) is 0 Å². The quantitative estimate of drug-likeness (QED) is 0.639. The van der Waals surface area contributed by atoms with E-state index in [4.69, 9.17) is 9.84 Å². The van der Waals surface area contributed by atoms with E-state index in [1.165, 1.54) is 4.31 Å². The molecule has 0 radical (unpaired) electrons. The van der Waals surface area contributed by atoms with Gasteiger partial charge in [0.25, 0.3) is 10.2 Å². The molecule has 1 rings (SSSR count). The SMILES string of the molecule is CCCNS(=O)(=O)N1CCOC(CO)C1. The summed E-state index contributed by atoms with van der Waals surface area (Å²) >= 11 is 0. The number of nitrogens with zero attached hydrogens (tertiary/aromatic N) is 1. The third-order valence-electron chi connectivity index (χ3n) is 2.18. The van der Waals surface area contributed by atoms with Crippen LogP contribution in [0.25, 0.3) is 0 Å². The Balaban J connectivity index is 2.54. The first kappa shape index (κ1) is 12.9. The van der Waals surface area contributed by atoms with Crippen molar-refractivity contribution in [2.24, 2.45) is 0 Å². The highest BCUT2D eigenvalue weighted by atomic mass is 32.2. The van der Waals surface area contributed by atoms with Crippen LogP contribution in [0.5, 0.6) is 0 Å². The molecule has 0 bridgehead atoms. The van der Waals surface area contributed by atoms with Crippen LogP contribution in [0.2, 0.25) is 0 Å². The standard InChI is InChI=1S/C8H18N2O4S/c1-2-3-9-15(12,13)10-4-5-14-8(6-10)7-11/h8-9,11H,2-7H2,1H3. The minimum Gasteiger partial charge on any atom is -0.394 e. The lowest BCUT2D eigenvalue weighted by Crippen LogP contribution is -2.50. The fourth-order valence-electron chi connectivity index (χ4n) is 1.34. The summed E-state index contributed by atoms with van der Waals surface area (Å²) in [5.74, 6) is 0. The zero-order valence-electron chi connectivity index (χ0n) is 8.85. The van der Waals surface area contributed by atoms with Gasteiger partial charge in [0, 0.05) is 19.6 Å². The molecule has 0 aromatic carbocycles. The van der Waals surface area contributed by atoms with Crippen LogP contribution in [-0.4, -0.2) is 56.8 Å². The first-order valence-electron chi connectivity index (χ1n) is 5.07. The molecule has 1 saturated heterocycles. The molecule has 1 unspecified atom stereocenters.